The van der Waals surface area contributed by atoms with E-state index in [0.29, 0.717) is 22.4 Å². The van der Waals surface area contributed by atoms with Crippen LogP contribution in [0.4, 0.5) is 17.3 Å². The van der Waals surface area contributed by atoms with Crippen LogP contribution in [0.25, 0.3) is 11.4 Å². The largest absolute Gasteiger partial charge is 0.314 e. The van der Waals surface area contributed by atoms with Gasteiger partial charge in [0, 0.05) is 42.5 Å². The second-order valence-corrected chi connectivity index (χ2v) is 6.18. The highest BCUT2D eigenvalue weighted by Gasteiger charge is 2.19. The third-order valence-corrected chi connectivity index (χ3v) is 4.33. The lowest BCUT2D eigenvalue weighted by Gasteiger charge is -2.18. The van der Waals surface area contributed by atoms with Crippen LogP contribution in [0.2, 0.25) is 10.0 Å². The Kier molecular flexibility index (Phi) is 4.61. The van der Waals surface area contributed by atoms with Crippen molar-refractivity contribution in [1.29, 1.82) is 0 Å². The summed E-state index contributed by atoms with van der Waals surface area (Å²) in [6.45, 7) is 0. The molecule has 0 bridgehead atoms. The first kappa shape index (κ1) is 17.2. The highest BCUT2D eigenvalue weighted by molar-refractivity contribution is 6.33. The highest BCUT2D eigenvalue weighted by atomic mass is 35.5. The maximum absolute atomic E-state index is 10.8. The number of benzene rings is 2. The molecule has 0 spiro atoms. The van der Waals surface area contributed by atoms with Crippen molar-refractivity contribution in [2.24, 2.45) is 7.05 Å². The van der Waals surface area contributed by atoms with E-state index in [2.05, 4.69) is 10.2 Å². The average Bonchev–Trinajstić information content (AvgIpc) is 2.96. The highest BCUT2D eigenvalue weighted by Crippen LogP contribution is 2.32. The van der Waals surface area contributed by atoms with E-state index >= 15 is 0 Å². The third kappa shape index (κ3) is 3.29. The molecule has 0 unspecified atom stereocenters. The van der Waals surface area contributed by atoms with Crippen LogP contribution in [0.1, 0.15) is 0 Å². The molecule has 3 rings (SSSR count). The van der Waals surface area contributed by atoms with E-state index in [-0.39, 0.29) is 10.7 Å². The summed E-state index contributed by atoms with van der Waals surface area (Å²) in [6, 6.07) is 11.6. The molecule has 0 radical (unpaired) electrons. The van der Waals surface area contributed by atoms with Crippen molar-refractivity contribution in [3.05, 3.63) is 62.6 Å². The quantitative estimate of drug-likeness (QED) is 0.495. The van der Waals surface area contributed by atoms with Gasteiger partial charge in [0.1, 0.15) is 0 Å². The number of anilines is 2. The molecule has 3 aromatic rings. The third-order valence-electron chi connectivity index (χ3n) is 3.77. The molecule has 0 aliphatic rings. The lowest BCUT2D eigenvalue weighted by atomic mass is 10.2. The van der Waals surface area contributed by atoms with Gasteiger partial charge in [0.15, 0.2) is 5.82 Å². The Balaban J connectivity index is 1.99. The monoisotopic (exact) mass is 377 g/mol. The summed E-state index contributed by atoms with van der Waals surface area (Å²) in [6.07, 6.45) is 0. The second-order valence-electron chi connectivity index (χ2n) is 5.34. The fourth-order valence-corrected chi connectivity index (χ4v) is 2.81. The molecule has 25 heavy (non-hydrogen) atoms. The Bertz CT molecular complexity index is 940. The summed E-state index contributed by atoms with van der Waals surface area (Å²) in [7, 11) is 3.66. The van der Waals surface area contributed by atoms with Crippen LogP contribution in [-0.2, 0) is 7.05 Å². The summed E-state index contributed by atoms with van der Waals surface area (Å²) in [4.78, 5) is 12.2. The van der Waals surface area contributed by atoms with E-state index in [4.69, 9.17) is 23.2 Å². The first-order valence-corrected chi connectivity index (χ1v) is 7.97. The predicted molar refractivity (Wildman–Crippen MR) is 97.6 cm³/mol. The van der Waals surface area contributed by atoms with Crippen molar-refractivity contribution < 1.29 is 4.92 Å². The van der Waals surface area contributed by atoms with Crippen LogP contribution >= 0.6 is 23.2 Å². The predicted octanol–water partition coefficient (Wildman–Crippen LogP) is 4.47. The molecule has 1 aromatic heterocycles. The molecule has 7 nitrogen and oxygen atoms in total. The van der Waals surface area contributed by atoms with Gasteiger partial charge < -0.3 is 4.90 Å². The Labute approximate surface area is 153 Å². The number of halogens is 2. The summed E-state index contributed by atoms with van der Waals surface area (Å²) < 4.78 is 1.77. The minimum absolute atomic E-state index is 0.0746. The van der Waals surface area contributed by atoms with Crippen molar-refractivity contribution in [3.63, 3.8) is 0 Å². The van der Waals surface area contributed by atoms with E-state index in [0.717, 1.165) is 5.69 Å². The number of aromatic nitrogens is 3. The maximum Gasteiger partial charge on any atom is 0.270 e. The zero-order valence-corrected chi connectivity index (χ0v) is 14.9. The molecule has 0 aliphatic heterocycles. The van der Waals surface area contributed by atoms with Gasteiger partial charge in [-0.2, -0.15) is 0 Å². The number of nitro groups is 1. The molecule has 2 aromatic carbocycles. The van der Waals surface area contributed by atoms with Gasteiger partial charge in [-0.15, -0.1) is 10.2 Å². The number of hydrogen-bond donors (Lipinski definition) is 0. The van der Waals surface area contributed by atoms with E-state index in [1.165, 1.54) is 12.1 Å². The zero-order valence-electron chi connectivity index (χ0n) is 13.3. The molecule has 9 heteroatoms. The molecular weight excluding hydrogens is 365 g/mol. The Morgan fingerprint density at radius 2 is 1.80 bits per heavy atom. The van der Waals surface area contributed by atoms with Crippen LogP contribution < -0.4 is 4.90 Å². The number of nitro benzene ring substituents is 1. The van der Waals surface area contributed by atoms with Gasteiger partial charge in [0.25, 0.3) is 5.69 Å². The Morgan fingerprint density at radius 1 is 1.12 bits per heavy atom. The first-order chi connectivity index (χ1) is 11.9. The molecule has 0 atom stereocenters. The van der Waals surface area contributed by atoms with Crippen LogP contribution in [0.5, 0.6) is 0 Å². The molecule has 0 saturated heterocycles. The Morgan fingerprint density at radius 3 is 2.40 bits per heavy atom. The van der Waals surface area contributed by atoms with Gasteiger partial charge in [0.2, 0.25) is 5.95 Å². The fourth-order valence-electron chi connectivity index (χ4n) is 2.43. The molecule has 0 amide bonds. The average molecular weight is 378 g/mol. The normalized spacial score (nSPS) is 10.7. The SMILES string of the molecule is CN(c1ccc(Cl)cc1)c1nnc(-c2ccc([N+](=O)[O-])cc2Cl)n1C. The zero-order chi connectivity index (χ0) is 18.1. The summed E-state index contributed by atoms with van der Waals surface area (Å²) in [5.74, 6) is 1.10. The van der Waals surface area contributed by atoms with Gasteiger partial charge in [-0.1, -0.05) is 23.2 Å². The molecule has 128 valence electrons. The van der Waals surface area contributed by atoms with Gasteiger partial charge in [-0.3, -0.25) is 14.7 Å². The van der Waals surface area contributed by atoms with Crippen molar-refractivity contribution in [2.75, 3.05) is 11.9 Å². The number of nitrogens with zero attached hydrogens (tertiary/aromatic N) is 5. The lowest BCUT2D eigenvalue weighted by molar-refractivity contribution is -0.384. The number of rotatable bonds is 4. The molecule has 0 N–H and O–H groups in total. The Hall–Kier alpha value is -2.64. The van der Waals surface area contributed by atoms with Crippen molar-refractivity contribution in [3.8, 4) is 11.4 Å². The van der Waals surface area contributed by atoms with E-state index in [1.54, 1.807) is 29.8 Å². The van der Waals surface area contributed by atoms with Gasteiger partial charge in [0.05, 0.1) is 9.95 Å². The van der Waals surface area contributed by atoms with E-state index in [1.807, 2.05) is 24.1 Å². The molecule has 0 aliphatic carbocycles. The lowest BCUT2D eigenvalue weighted by Crippen LogP contribution is -2.14. The van der Waals surface area contributed by atoms with Crippen molar-refractivity contribution >= 4 is 40.5 Å². The van der Waals surface area contributed by atoms with Crippen LogP contribution in [0.15, 0.2) is 42.5 Å². The van der Waals surface area contributed by atoms with Gasteiger partial charge in [-0.25, -0.2) is 0 Å². The molecule has 0 saturated carbocycles. The van der Waals surface area contributed by atoms with Crippen LogP contribution in [0.3, 0.4) is 0 Å². The standard InChI is InChI=1S/C16H13Cl2N5O2/c1-21(11-5-3-10(17)4-6-11)16-20-19-15(22(16)2)13-8-7-12(23(24)25)9-14(13)18/h3-9H,1-2H3. The van der Waals surface area contributed by atoms with E-state index < -0.39 is 4.92 Å². The van der Waals surface area contributed by atoms with Crippen LogP contribution in [0, 0.1) is 10.1 Å². The fraction of sp³-hybridized carbons (Fsp3) is 0.125. The number of non-ortho nitro benzene ring substituents is 1. The topological polar surface area (TPSA) is 77.1 Å². The summed E-state index contributed by atoms with van der Waals surface area (Å²) in [5, 5.41) is 20.1. The molecule has 1 heterocycles. The number of hydrogen-bond acceptors (Lipinski definition) is 5. The van der Waals surface area contributed by atoms with Gasteiger partial charge in [-0.05, 0) is 30.3 Å². The summed E-state index contributed by atoms with van der Waals surface area (Å²) in [5.41, 5.74) is 1.38. The van der Waals surface area contributed by atoms with Crippen molar-refractivity contribution in [2.45, 2.75) is 0 Å². The molecular formula is C16H13Cl2N5O2. The second kappa shape index (κ2) is 6.70. The van der Waals surface area contributed by atoms with Crippen molar-refractivity contribution in [1.82, 2.24) is 14.8 Å². The minimum atomic E-state index is -0.494. The van der Waals surface area contributed by atoms with Gasteiger partial charge >= 0.3 is 0 Å². The smallest absolute Gasteiger partial charge is 0.270 e. The maximum atomic E-state index is 10.8. The summed E-state index contributed by atoms with van der Waals surface area (Å²) >= 11 is 12.1. The first-order valence-electron chi connectivity index (χ1n) is 7.21. The van der Waals surface area contributed by atoms with Crippen LogP contribution in [-0.4, -0.2) is 26.7 Å². The minimum Gasteiger partial charge on any atom is -0.314 e. The molecule has 0 fully saturated rings. The van der Waals surface area contributed by atoms with E-state index in [9.17, 15) is 10.1 Å².